The fourth-order valence-electron chi connectivity index (χ4n) is 1.21. The second-order valence-corrected chi connectivity index (χ2v) is 3.34. The highest BCUT2D eigenvalue weighted by Crippen LogP contribution is 2.06. The van der Waals surface area contributed by atoms with E-state index in [4.69, 9.17) is 5.73 Å². The first-order valence-electron chi connectivity index (χ1n) is 5.00. The third-order valence-electron chi connectivity index (χ3n) is 2.02. The molecule has 0 bridgehead atoms. The van der Waals surface area contributed by atoms with Crippen molar-refractivity contribution in [3.63, 3.8) is 0 Å². The number of anilines is 1. The van der Waals surface area contributed by atoms with Crippen molar-refractivity contribution < 1.29 is 4.79 Å². The van der Waals surface area contributed by atoms with Gasteiger partial charge in [-0.15, -0.1) is 0 Å². The number of aromatic nitrogens is 2. The minimum atomic E-state index is -0.245. The van der Waals surface area contributed by atoms with Gasteiger partial charge >= 0.3 is 0 Å². The van der Waals surface area contributed by atoms with Gasteiger partial charge in [-0.3, -0.25) is 9.78 Å². The molecule has 0 spiro atoms. The lowest BCUT2D eigenvalue weighted by Gasteiger charge is -2.06. The summed E-state index contributed by atoms with van der Waals surface area (Å²) < 4.78 is 0. The van der Waals surface area contributed by atoms with Crippen molar-refractivity contribution in [3.05, 3.63) is 18.1 Å². The second-order valence-electron chi connectivity index (χ2n) is 3.34. The van der Waals surface area contributed by atoms with Crippen LogP contribution in [0, 0.1) is 6.92 Å². The Bertz CT molecular complexity index is 327. The highest BCUT2D eigenvalue weighted by molar-refractivity contribution is 5.73. The standard InChI is InChI=1S/C10H16N4O/c1-8-10(14-7-6-12-8)13-5-3-2-4-9(11)15/h6-7H,2-5H2,1H3,(H2,11,15)(H,13,14). The van der Waals surface area contributed by atoms with Gasteiger partial charge in [-0.25, -0.2) is 4.98 Å². The van der Waals surface area contributed by atoms with Crippen LogP contribution in [-0.4, -0.2) is 22.4 Å². The summed E-state index contributed by atoms with van der Waals surface area (Å²) in [5.74, 6) is 0.558. The minimum absolute atomic E-state index is 0.245. The lowest BCUT2D eigenvalue weighted by Crippen LogP contribution is -2.11. The number of nitrogens with zero attached hydrogens (tertiary/aromatic N) is 2. The highest BCUT2D eigenvalue weighted by atomic mass is 16.1. The zero-order valence-corrected chi connectivity index (χ0v) is 8.86. The van der Waals surface area contributed by atoms with Crippen LogP contribution in [0.3, 0.4) is 0 Å². The highest BCUT2D eigenvalue weighted by Gasteiger charge is 1.98. The normalized spacial score (nSPS) is 9.93. The summed E-state index contributed by atoms with van der Waals surface area (Å²) >= 11 is 0. The average molecular weight is 208 g/mol. The molecule has 1 amide bonds. The van der Waals surface area contributed by atoms with Gasteiger partial charge in [-0.05, 0) is 19.8 Å². The van der Waals surface area contributed by atoms with Crippen molar-refractivity contribution in [1.29, 1.82) is 0 Å². The van der Waals surface area contributed by atoms with Crippen LogP contribution >= 0.6 is 0 Å². The predicted octanol–water partition coefficient (Wildman–Crippen LogP) is 0.853. The van der Waals surface area contributed by atoms with E-state index < -0.39 is 0 Å². The molecule has 0 atom stereocenters. The fourth-order valence-corrected chi connectivity index (χ4v) is 1.21. The number of nitrogens with two attached hydrogens (primary N) is 1. The molecule has 5 nitrogen and oxygen atoms in total. The average Bonchev–Trinajstić information content (AvgIpc) is 2.20. The van der Waals surface area contributed by atoms with Crippen LogP contribution in [0.15, 0.2) is 12.4 Å². The molecule has 1 aromatic heterocycles. The summed E-state index contributed by atoms with van der Waals surface area (Å²) in [5.41, 5.74) is 5.91. The van der Waals surface area contributed by atoms with Gasteiger partial charge in [0.05, 0.1) is 5.69 Å². The third-order valence-corrected chi connectivity index (χ3v) is 2.02. The number of aryl methyl sites for hydroxylation is 1. The van der Waals surface area contributed by atoms with E-state index in [0.29, 0.717) is 6.42 Å². The van der Waals surface area contributed by atoms with Crippen LogP contribution in [-0.2, 0) is 4.79 Å². The van der Waals surface area contributed by atoms with Crippen LogP contribution in [0.5, 0.6) is 0 Å². The van der Waals surface area contributed by atoms with Crippen molar-refractivity contribution in [3.8, 4) is 0 Å². The van der Waals surface area contributed by atoms with Crippen LogP contribution in [0.4, 0.5) is 5.82 Å². The van der Waals surface area contributed by atoms with E-state index in [1.165, 1.54) is 0 Å². The van der Waals surface area contributed by atoms with Crippen molar-refractivity contribution in [2.45, 2.75) is 26.2 Å². The SMILES string of the molecule is Cc1nccnc1NCCCCC(N)=O. The van der Waals surface area contributed by atoms with Crippen molar-refractivity contribution in [2.24, 2.45) is 5.73 Å². The molecule has 0 aromatic carbocycles. The van der Waals surface area contributed by atoms with Gasteiger partial charge in [-0.2, -0.15) is 0 Å². The first-order valence-corrected chi connectivity index (χ1v) is 5.00. The minimum Gasteiger partial charge on any atom is -0.370 e. The molecule has 0 fully saturated rings. The Hall–Kier alpha value is -1.65. The predicted molar refractivity (Wildman–Crippen MR) is 58.3 cm³/mol. The number of amides is 1. The van der Waals surface area contributed by atoms with Crippen LogP contribution < -0.4 is 11.1 Å². The lowest BCUT2D eigenvalue weighted by molar-refractivity contribution is -0.118. The summed E-state index contributed by atoms with van der Waals surface area (Å²) in [6.07, 6.45) is 5.47. The molecule has 0 aliphatic heterocycles. The molecule has 1 rings (SSSR count). The van der Waals surface area contributed by atoms with E-state index in [9.17, 15) is 4.79 Å². The molecule has 1 aromatic rings. The number of carbonyl (C=O) groups excluding carboxylic acids is 1. The summed E-state index contributed by atoms with van der Waals surface area (Å²) in [6.45, 7) is 2.69. The molecular weight excluding hydrogens is 192 g/mol. The number of rotatable bonds is 6. The Balaban J connectivity index is 2.21. The van der Waals surface area contributed by atoms with E-state index in [-0.39, 0.29) is 5.91 Å². The summed E-state index contributed by atoms with van der Waals surface area (Å²) in [4.78, 5) is 18.7. The van der Waals surface area contributed by atoms with Crippen molar-refractivity contribution in [1.82, 2.24) is 9.97 Å². The quantitative estimate of drug-likeness (QED) is 0.679. The summed E-state index contributed by atoms with van der Waals surface area (Å²) in [5, 5.41) is 3.16. The van der Waals surface area contributed by atoms with Gasteiger partial charge in [0.25, 0.3) is 0 Å². The maximum Gasteiger partial charge on any atom is 0.217 e. The first kappa shape index (κ1) is 11.4. The summed E-state index contributed by atoms with van der Waals surface area (Å²) in [6, 6.07) is 0. The molecule has 3 N–H and O–H groups in total. The monoisotopic (exact) mass is 208 g/mol. The Morgan fingerprint density at radius 1 is 1.40 bits per heavy atom. The Labute approximate surface area is 89.1 Å². The molecule has 82 valence electrons. The second kappa shape index (κ2) is 5.95. The molecule has 0 saturated heterocycles. The van der Waals surface area contributed by atoms with Gasteiger partial charge in [0.1, 0.15) is 5.82 Å². The maximum atomic E-state index is 10.5. The molecule has 0 aliphatic rings. The van der Waals surface area contributed by atoms with Gasteiger partial charge in [0.15, 0.2) is 0 Å². The topological polar surface area (TPSA) is 80.9 Å². The molecule has 0 saturated carbocycles. The van der Waals surface area contributed by atoms with Crippen LogP contribution in [0.1, 0.15) is 25.0 Å². The van der Waals surface area contributed by atoms with E-state index in [2.05, 4.69) is 15.3 Å². The van der Waals surface area contributed by atoms with E-state index in [1.807, 2.05) is 6.92 Å². The van der Waals surface area contributed by atoms with Crippen molar-refractivity contribution >= 4 is 11.7 Å². The lowest BCUT2D eigenvalue weighted by atomic mass is 10.2. The number of carbonyl (C=O) groups is 1. The first-order chi connectivity index (χ1) is 7.20. The van der Waals surface area contributed by atoms with Gasteiger partial charge in [-0.1, -0.05) is 0 Å². The van der Waals surface area contributed by atoms with Gasteiger partial charge < -0.3 is 11.1 Å². The number of unbranched alkanes of at least 4 members (excludes halogenated alkanes) is 1. The van der Waals surface area contributed by atoms with E-state index >= 15 is 0 Å². The van der Waals surface area contributed by atoms with E-state index in [1.54, 1.807) is 12.4 Å². The molecule has 0 radical (unpaired) electrons. The fraction of sp³-hybridized carbons (Fsp3) is 0.500. The zero-order valence-electron chi connectivity index (χ0n) is 8.86. The molecular formula is C10H16N4O. The van der Waals surface area contributed by atoms with E-state index in [0.717, 1.165) is 30.9 Å². The third kappa shape index (κ3) is 4.39. The zero-order chi connectivity index (χ0) is 11.1. The van der Waals surface area contributed by atoms with Gasteiger partial charge in [0.2, 0.25) is 5.91 Å². The molecule has 1 heterocycles. The van der Waals surface area contributed by atoms with Crippen molar-refractivity contribution in [2.75, 3.05) is 11.9 Å². The number of hydrogen-bond acceptors (Lipinski definition) is 4. The maximum absolute atomic E-state index is 10.5. The van der Waals surface area contributed by atoms with Crippen LogP contribution in [0.25, 0.3) is 0 Å². The molecule has 0 unspecified atom stereocenters. The molecule has 15 heavy (non-hydrogen) atoms. The smallest absolute Gasteiger partial charge is 0.217 e. The number of primary amides is 1. The Morgan fingerprint density at radius 2 is 2.13 bits per heavy atom. The summed E-state index contributed by atoms with van der Waals surface area (Å²) in [7, 11) is 0. The number of nitrogens with one attached hydrogen (secondary N) is 1. The Morgan fingerprint density at radius 3 is 2.80 bits per heavy atom. The van der Waals surface area contributed by atoms with Gasteiger partial charge in [0, 0.05) is 25.4 Å². The Kier molecular flexibility index (Phi) is 4.53. The largest absolute Gasteiger partial charge is 0.370 e. The van der Waals surface area contributed by atoms with Crippen LogP contribution in [0.2, 0.25) is 0 Å². The molecule has 5 heteroatoms. The molecule has 0 aliphatic carbocycles. The number of hydrogen-bond donors (Lipinski definition) is 2.